The minimum Gasteiger partial charge on any atom is -0.505 e. The van der Waals surface area contributed by atoms with Gasteiger partial charge in [-0.05, 0) is 39.3 Å². The number of sulfonamides is 1. The largest absolute Gasteiger partial charge is 0.505 e. The van der Waals surface area contributed by atoms with Gasteiger partial charge in [-0.25, -0.2) is 23.0 Å². The van der Waals surface area contributed by atoms with Crippen LogP contribution in [-0.4, -0.2) is 67.2 Å². The van der Waals surface area contributed by atoms with Gasteiger partial charge in [-0.1, -0.05) is 32.4 Å². The first-order valence-corrected chi connectivity index (χ1v) is 15.0. The van der Waals surface area contributed by atoms with Gasteiger partial charge in [-0.2, -0.15) is 0 Å². The molecule has 0 saturated heterocycles. The van der Waals surface area contributed by atoms with Crippen LogP contribution in [0.15, 0.2) is 41.1 Å². The van der Waals surface area contributed by atoms with Crippen molar-refractivity contribution in [1.29, 1.82) is 0 Å². The number of benzene rings is 1. The predicted molar refractivity (Wildman–Crippen MR) is 155 cm³/mol. The van der Waals surface area contributed by atoms with Crippen molar-refractivity contribution in [2.24, 2.45) is 11.1 Å². The molecule has 0 spiro atoms. The molecule has 1 atom stereocenters. The molecule has 2 heterocycles. The molecule has 1 aromatic carbocycles. The molecule has 41 heavy (non-hydrogen) atoms. The van der Waals surface area contributed by atoms with E-state index in [9.17, 15) is 27.9 Å². The summed E-state index contributed by atoms with van der Waals surface area (Å²) in [6.45, 7) is 9.76. The number of nitrogens with zero attached hydrogens (tertiary/aromatic N) is 2. The van der Waals surface area contributed by atoms with Crippen LogP contribution in [0, 0.1) is 12.3 Å². The minimum atomic E-state index is -3.90. The maximum Gasteiger partial charge on any atom is 0.407 e. The molecule has 15 heteroatoms. The number of amides is 3. The molecule has 1 aliphatic rings. The summed E-state index contributed by atoms with van der Waals surface area (Å²) in [7, 11) is -2.67. The Morgan fingerprint density at radius 1 is 1.20 bits per heavy atom. The maximum absolute atomic E-state index is 12.5. The average Bonchev–Trinajstić information content (AvgIpc) is 3.30. The van der Waals surface area contributed by atoms with Crippen molar-refractivity contribution in [2.75, 3.05) is 25.6 Å². The Morgan fingerprint density at radius 2 is 1.83 bits per heavy atom. The van der Waals surface area contributed by atoms with Crippen molar-refractivity contribution in [3.05, 3.63) is 46.6 Å². The second-order valence-electron chi connectivity index (χ2n) is 9.94. The fraction of sp³-hybridized carbons (Fsp3) is 0.462. The number of hydrogen-bond acceptors (Lipinski definition) is 10. The summed E-state index contributed by atoms with van der Waals surface area (Å²) in [5, 5.41) is 15.8. The van der Waals surface area contributed by atoms with Crippen molar-refractivity contribution >= 4 is 50.3 Å². The Morgan fingerprint density at radius 3 is 2.39 bits per heavy atom. The van der Waals surface area contributed by atoms with Gasteiger partial charge in [0.05, 0.1) is 4.90 Å². The van der Waals surface area contributed by atoms with Gasteiger partial charge in [0, 0.05) is 35.1 Å². The number of fused-ring (bicyclic) bond motifs is 1. The number of alkyl carbamates (subject to hydrolysis) is 1. The number of carbonyl (C=O) groups excluding carboxylic acids is 3. The fourth-order valence-electron chi connectivity index (χ4n) is 3.80. The standard InChI is InChI=1S/C14H13N3O4S2.C12H24N2O4/c1-8-7-15-14(22-8)16-13(19)11-12(18)9-5-3-4-6-10(9)23(20,21)17(11)2;1-5-6-12(4,7-17-10(13)15)8-18-11(16)14-9(2)3/h3-7,18H,1-2H3,(H,15,16,19);9H,5-8H2,1-4H3,(H2,13,15)(H,14,16). The number of aromatic nitrogens is 1. The smallest absolute Gasteiger partial charge is 0.407 e. The van der Waals surface area contributed by atoms with E-state index in [1.54, 1.807) is 18.3 Å². The number of anilines is 1. The molecule has 1 unspecified atom stereocenters. The molecule has 0 saturated carbocycles. The highest BCUT2D eigenvalue weighted by atomic mass is 32.2. The summed E-state index contributed by atoms with van der Waals surface area (Å²) in [4.78, 5) is 39.3. The van der Waals surface area contributed by atoms with Crippen LogP contribution in [0.3, 0.4) is 0 Å². The quantitative estimate of drug-likeness (QED) is 0.325. The highest BCUT2D eigenvalue weighted by Crippen LogP contribution is 2.35. The van der Waals surface area contributed by atoms with E-state index in [1.807, 2.05) is 34.6 Å². The van der Waals surface area contributed by atoms with Crippen LogP contribution in [0.1, 0.15) is 51.0 Å². The van der Waals surface area contributed by atoms with Gasteiger partial charge in [0.2, 0.25) is 0 Å². The Balaban J connectivity index is 0.000000298. The highest BCUT2D eigenvalue weighted by Gasteiger charge is 2.38. The van der Waals surface area contributed by atoms with E-state index in [1.165, 1.54) is 30.5 Å². The first kappa shape index (κ1) is 33.4. The first-order valence-electron chi connectivity index (χ1n) is 12.7. The zero-order chi connectivity index (χ0) is 31.0. The second kappa shape index (κ2) is 14.2. The molecule has 0 bridgehead atoms. The summed E-state index contributed by atoms with van der Waals surface area (Å²) >= 11 is 1.25. The van der Waals surface area contributed by atoms with E-state index in [-0.39, 0.29) is 41.2 Å². The summed E-state index contributed by atoms with van der Waals surface area (Å²) < 4.78 is 35.7. The minimum absolute atomic E-state index is 0.0248. The van der Waals surface area contributed by atoms with Crippen LogP contribution in [0.5, 0.6) is 0 Å². The van der Waals surface area contributed by atoms with Crippen molar-refractivity contribution in [3.63, 3.8) is 0 Å². The third-order valence-electron chi connectivity index (χ3n) is 5.75. The van der Waals surface area contributed by atoms with Gasteiger partial charge in [0.1, 0.15) is 13.2 Å². The van der Waals surface area contributed by atoms with E-state index in [0.717, 1.165) is 22.0 Å². The number of primary amides is 1. The summed E-state index contributed by atoms with van der Waals surface area (Å²) in [6, 6.07) is 6.01. The molecule has 3 rings (SSSR count). The molecule has 5 N–H and O–H groups in total. The molecule has 0 fully saturated rings. The number of rotatable bonds is 9. The Kier molecular flexibility index (Phi) is 11.5. The maximum atomic E-state index is 12.5. The van der Waals surface area contributed by atoms with Crippen molar-refractivity contribution in [3.8, 4) is 0 Å². The Labute approximate surface area is 243 Å². The van der Waals surface area contributed by atoms with Crippen LogP contribution in [-0.2, 0) is 24.3 Å². The van der Waals surface area contributed by atoms with Crippen LogP contribution >= 0.6 is 11.3 Å². The Bertz CT molecular complexity index is 1390. The van der Waals surface area contributed by atoms with Gasteiger partial charge >= 0.3 is 12.2 Å². The number of aryl methyl sites for hydroxylation is 1. The van der Waals surface area contributed by atoms with Crippen LogP contribution in [0.4, 0.5) is 14.7 Å². The van der Waals surface area contributed by atoms with Gasteiger partial charge < -0.3 is 25.6 Å². The lowest BCUT2D eigenvalue weighted by molar-refractivity contribution is -0.113. The molecule has 0 aliphatic carbocycles. The summed E-state index contributed by atoms with van der Waals surface area (Å²) in [5.41, 5.74) is 4.30. The lowest BCUT2D eigenvalue weighted by atomic mass is 9.87. The van der Waals surface area contributed by atoms with Crippen LogP contribution in [0.2, 0.25) is 0 Å². The third-order valence-corrected chi connectivity index (χ3v) is 8.39. The molecule has 0 radical (unpaired) electrons. The molecule has 1 aromatic heterocycles. The van der Waals surface area contributed by atoms with Crippen molar-refractivity contribution < 1.29 is 37.4 Å². The number of nitrogens with one attached hydrogen (secondary N) is 2. The number of carbonyl (C=O) groups is 3. The first-order chi connectivity index (χ1) is 19.1. The number of nitrogens with two attached hydrogens (primary N) is 1. The highest BCUT2D eigenvalue weighted by molar-refractivity contribution is 7.89. The zero-order valence-electron chi connectivity index (χ0n) is 23.9. The number of ether oxygens (including phenoxy) is 2. The van der Waals surface area contributed by atoms with Crippen molar-refractivity contribution in [1.82, 2.24) is 14.6 Å². The lowest BCUT2D eigenvalue weighted by Crippen LogP contribution is -2.37. The zero-order valence-corrected chi connectivity index (χ0v) is 25.5. The van der Waals surface area contributed by atoms with Gasteiger partial charge in [0.25, 0.3) is 15.9 Å². The molecule has 2 aromatic rings. The molecule has 226 valence electrons. The molecule has 1 aliphatic heterocycles. The monoisotopic (exact) mass is 611 g/mol. The number of hydrogen-bond donors (Lipinski definition) is 4. The SMILES string of the molecule is CCCC(C)(COC(N)=O)COC(=O)NC(C)C.Cc1cnc(NC(=O)C2=C(O)c3ccccc3S(=O)(=O)N2C)s1. The summed E-state index contributed by atoms with van der Waals surface area (Å²) in [6.07, 6.45) is 1.98. The Hall–Kier alpha value is -3.85. The topological polar surface area (TPSA) is 190 Å². The normalized spacial score (nSPS) is 15.1. The van der Waals surface area contributed by atoms with Gasteiger partial charge in [0.15, 0.2) is 16.6 Å². The number of aliphatic hydroxyl groups is 1. The predicted octanol–water partition coefficient (Wildman–Crippen LogP) is 3.97. The van der Waals surface area contributed by atoms with E-state index in [0.29, 0.717) is 5.13 Å². The van der Waals surface area contributed by atoms with Crippen molar-refractivity contribution in [2.45, 2.75) is 58.4 Å². The molecule has 13 nitrogen and oxygen atoms in total. The molecular formula is C26H37N5O8S2. The molecule has 3 amide bonds. The van der Waals surface area contributed by atoms with E-state index in [2.05, 4.69) is 15.6 Å². The lowest BCUT2D eigenvalue weighted by Gasteiger charge is -2.28. The fourth-order valence-corrected chi connectivity index (χ4v) is 5.86. The van der Waals surface area contributed by atoms with E-state index < -0.39 is 33.5 Å². The number of aliphatic hydroxyl groups excluding tert-OH is 1. The second-order valence-corrected chi connectivity index (χ2v) is 13.1. The van der Waals surface area contributed by atoms with Crippen LogP contribution in [0.25, 0.3) is 5.76 Å². The number of thiazole rings is 1. The van der Waals surface area contributed by atoms with Gasteiger partial charge in [-0.3, -0.25) is 14.4 Å². The van der Waals surface area contributed by atoms with Crippen LogP contribution < -0.4 is 16.4 Å². The van der Waals surface area contributed by atoms with E-state index in [4.69, 9.17) is 15.2 Å². The third kappa shape index (κ3) is 9.08. The number of likely N-dealkylation sites (N-methyl/N-ethyl adjacent to an activating group) is 1. The summed E-state index contributed by atoms with van der Waals surface area (Å²) in [5.74, 6) is -1.12. The average molecular weight is 612 g/mol. The van der Waals surface area contributed by atoms with Gasteiger partial charge in [-0.15, -0.1) is 11.3 Å². The molecular weight excluding hydrogens is 574 g/mol. The van der Waals surface area contributed by atoms with E-state index >= 15 is 0 Å².